The van der Waals surface area contributed by atoms with Crippen molar-refractivity contribution >= 4 is 34.0 Å². The number of nitrogen functional groups attached to an aromatic ring is 1. The van der Waals surface area contributed by atoms with Crippen LogP contribution in [0, 0.1) is 0 Å². The summed E-state index contributed by atoms with van der Waals surface area (Å²) in [4.78, 5) is 8.76. The van der Waals surface area contributed by atoms with Gasteiger partial charge in [0.25, 0.3) is 0 Å². The molecule has 3 aromatic rings. The minimum atomic E-state index is 0.290. The third-order valence-electron chi connectivity index (χ3n) is 4.28. The van der Waals surface area contributed by atoms with E-state index in [4.69, 9.17) is 16.3 Å². The second-order valence-corrected chi connectivity index (χ2v) is 6.02. The first-order valence-electron chi connectivity index (χ1n) is 8.15. The van der Waals surface area contributed by atoms with E-state index in [1.165, 1.54) is 5.01 Å². The van der Waals surface area contributed by atoms with Crippen molar-refractivity contribution in [2.24, 2.45) is 5.84 Å². The number of aromatic amines is 1. The number of hydrogen-bond donors (Lipinski definition) is 4. The zero-order valence-corrected chi connectivity index (χ0v) is 13.6. The van der Waals surface area contributed by atoms with Crippen molar-refractivity contribution in [3.05, 3.63) is 30.6 Å². The van der Waals surface area contributed by atoms with Crippen molar-refractivity contribution in [1.82, 2.24) is 20.2 Å². The molecule has 3 heterocycles. The lowest BCUT2D eigenvalue weighted by atomic mass is 10.1. The lowest BCUT2D eigenvalue weighted by Gasteiger charge is -2.24. The Kier molecular flexibility index (Phi) is 4.08. The largest absolute Gasteiger partial charge is 0.394 e. The number of aromatic nitrogens is 4. The summed E-state index contributed by atoms with van der Waals surface area (Å²) in [5.74, 6) is 7.22. The van der Waals surface area contributed by atoms with Gasteiger partial charge in [-0.25, -0.2) is 10.8 Å². The zero-order valence-electron chi connectivity index (χ0n) is 13.6. The van der Waals surface area contributed by atoms with E-state index >= 15 is 0 Å². The van der Waals surface area contributed by atoms with Gasteiger partial charge in [0.1, 0.15) is 0 Å². The van der Waals surface area contributed by atoms with E-state index in [0.717, 1.165) is 42.6 Å². The summed E-state index contributed by atoms with van der Waals surface area (Å²) < 4.78 is 5.37. The minimum absolute atomic E-state index is 0.290. The fourth-order valence-corrected chi connectivity index (χ4v) is 2.87. The monoisotopic (exact) mass is 340 g/mol. The quantitative estimate of drug-likeness (QED) is 0.415. The number of nitrogens with one attached hydrogen (secondary N) is 2. The number of anilines is 4. The molecule has 9 nitrogen and oxygen atoms in total. The van der Waals surface area contributed by atoms with Crippen LogP contribution in [0.15, 0.2) is 30.6 Å². The summed E-state index contributed by atoms with van der Waals surface area (Å²) >= 11 is 0. The Morgan fingerprint density at radius 3 is 2.92 bits per heavy atom. The van der Waals surface area contributed by atoms with Gasteiger partial charge in [-0.2, -0.15) is 10.1 Å². The summed E-state index contributed by atoms with van der Waals surface area (Å²) in [7, 11) is 0. The summed E-state index contributed by atoms with van der Waals surface area (Å²) in [5.41, 5.74) is 8.09. The molecular weight excluding hydrogens is 320 g/mol. The molecule has 0 amide bonds. The number of benzene rings is 1. The van der Waals surface area contributed by atoms with Crippen LogP contribution in [0.1, 0.15) is 12.8 Å². The van der Waals surface area contributed by atoms with Crippen molar-refractivity contribution < 1.29 is 4.74 Å². The average Bonchev–Trinajstić information content (AvgIpc) is 3.11. The fraction of sp³-hybridized carbons (Fsp3) is 0.312. The number of H-pyrrole nitrogens is 1. The predicted molar refractivity (Wildman–Crippen MR) is 96.3 cm³/mol. The third-order valence-corrected chi connectivity index (χ3v) is 4.28. The zero-order chi connectivity index (χ0) is 17.2. The molecule has 0 saturated carbocycles. The molecule has 4 rings (SSSR count). The predicted octanol–water partition coefficient (Wildman–Crippen LogP) is 1.54. The van der Waals surface area contributed by atoms with Crippen LogP contribution in [0.4, 0.5) is 23.1 Å². The standard InChI is InChI=1S/C16H20N8O/c17-13-9-19-16(21-11-3-5-25-6-4-11)22-15(13)24(18)12-2-1-10-8-20-23-14(10)7-12/h1-2,7-9,11H,3-6,17-18H2,(H,20,23)(H,19,21,22). The number of ether oxygens (including phenoxy) is 1. The Labute approximate surface area is 144 Å². The van der Waals surface area contributed by atoms with Gasteiger partial charge in [-0.1, -0.05) is 0 Å². The van der Waals surface area contributed by atoms with Gasteiger partial charge in [0.05, 0.1) is 29.3 Å². The molecule has 0 aliphatic carbocycles. The van der Waals surface area contributed by atoms with Crippen molar-refractivity contribution in [1.29, 1.82) is 0 Å². The average molecular weight is 340 g/mol. The second-order valence-electron chi connectivity index (χ2n) is 6.02. The van der Waals surface area contributed by atoms with E-state index in [9.17, 15) is 0 Å². The van der Waals surface area contributed by atoms with E-state index in [1.807, 2.05) is 18.2 Å². The fourth-order valence-electron chi connectivity index (χ4n) is 2.87. The lowest BCUT2D eigenvalue weighted by molar-refractivity contribution is 0.0903. The summed E-state index contributed by atoms with van der Waals surface area (Å²) in [5, 5.41) is 12.7. The Balaban J connectivity index is 1.60. The SMILES string of the molecule is Nc1cnc(NC2CCOCC2)nc1N(N)c1ccc2cn[nH]c2c1. The molecule has 0 atom stereocenters. The highest BCUT2D eigenvalue weighted by atomic mass is 16.5. The number of nitrogens with zero attached hydrogens (tertiary/aromatic N) is 4. The summed E-state index contributed by atoms with van der Waals surface area (Å²) in [6.07, 6.45) is 5.17. The van der Waals surface area contributed by atoms with Gasteiger partial charge in [0.15, 0.2) is 5.82 Å². The van der Waals surface area contributed by atoms with Crippen molar-refractivity contribution in [3.63, 3.8) is 0 Å². The van der Waals surface area contributed by atoms with Crippen LogP contribution in [0.2, 0.25) is 0 Å². The Morgan fingerprint density at radius 2 is 2.08 bits per heavy atom. The molecule has 1 saturated heterocycles. The van der Waals surface area contributed by atoms with Crippen LogP contribution < -0.4 is 21.9 Å². The topological polar surface area (TPSA) is 131 Å². The number of fused-ring (bicyclic) bond motifs is 1. The Morgan fingerprint density at radius 1 is 1.24 bits per heavy atom. The maximum Gasteiger partial charge on any atom is 0.225 e. The molecule has 2 aromatic heterocycles. The van der Waals surface area contributed by atoms with Gasteiger partial charge >= 0.3 is 0 Å². The molecule has 0 bridgehead atoms. The number of hydrogen-bond acceptors (Lipinski definition) is 8. The molecule has 6 N–H and O–H groups in total. The molecule has 0 spiro atoms. The minimum Gasteiger partial charge on any atom is -0.394 e. The van der Waals surface area contributed by atoms with Crippen LogP contribution in [0.25, 0.3) is 10.9 Å². The van der Waals surface area contributed by atoms with E-state index in [-0.39, 0.29) is 6.04 Å². The Hall–Kier alpha value is -2.91. The van der Waals surface area contributed by atoms with Gasteiger partial charge in [0, 0.05) is 24.6 Å². The van der Waals surface area contributed by atoms with E-state index < -0.39 is 0 Å². The molecule has 0 radical (unpaired) electrons. The maximum absolute atomic E-state index is 6.26. The lowest BCUT2D eigenvalue weighted by Crippen LogP contribution is -2.30. The normalized spacial score (nSPS) is 15.4. The molecule has 1 aliphatic heterocycles. The first kappa shape index (κ1) is 15.6. The van der Waals surface area contributed by atoms with Crippen molar-refractivity contribution in [2.75, 3.05) is 29.3 Å². The molecular formula is C16H20N8O. The van der Waals surface area contributed by atoms with Gasteiger partial charge in [-0.05, 0) is 31.0 Å². The van der Waals surface area contributed by atoms with Crippen LogP contribution in [-0.4, -0.2) is 39.4 Å². The van der Waals surface area contributed by atoms with E-state index in [2.05, 4.69) is 25.5 Å². The summed E-state index contributed by atoms with van der Waals surface area (Å²) in [6.45, 7) is 1.49. The third kappa shape index (κ3) is 3.19. The molecule has 0 unspecified atom stereocenters. The highest BCUT2D eigenvalue weighted by Crippen LogP contribution is 2.28. The van der Waals surface area contributed by atoms with Crippen molar-refractivity contribution in [2.45, 2.75) is 18.9 Å². The van der Waals surface area contributed by atoms with Gasteiger partial charge in [0.2, 0.25) is 5.95 Å². The van der Waals surface area contributed by atoms with Crippen LogP contribution >= 0.6 is 0 Å². The van der Waals surface area contributed by atoms with Crippen LogP contribution in [0.3, 0.4) is 0 Å². The van der Waals surface area contributed by atoms with Gasteiger partial charge < -0.3 is 15.8 Å². The van der Waals surface area contributed by atoms with Crippen molar-refractivity contribution in [3.8, 4) is 0 Å². The first-order valence-corrected chi connectivity index (χ1v) is 8.15. The number of nitrogens with two attached hydrogens (primary N) is 2. The molecule has 1 fully saturated rings. The highest BCUT2D eigenvalue weighted by Gasteiger charge is 2.17. The highest BCUT2D eigenvalue weighted by molar-refractivity contribution is 5.83. The van der Waals surface area contributed by atoms with E-state index in [1.54, 1.807) is 12.4 Å². The van der Waals surface area contributed by atoms with Crippen LogP contribution in [0.5, 0.6) is 0 Å². The summed E-state index contributed by atoms with van der Waals surface area (Å²) in [6, 6.07) is 6.02. The first-order chi connectivity index (χ1) is 12.2. The molecule has 25 heavy (non-hydrogen) atoms. The molecule has 1 aromatic carbocycles. The molecule has 1 aliphatic rings. The molecule has 130 valence electrons. The smallest absolute Gasteiger partial charge is 0.225 e. The number of rotatable bonds is 4. The maximum atomic E-state index is 6.26. The van der Waals surface area contributed by atoms with E-state index in [0.29, 0.717) is 17.5 Å². The molecule has 9 heteroatoms. The van der Waals surface area contributed by atoms with Gasteiger partial charge in [-0.15, -0.1) is 0 Å². The second kappa shape index (κ2) is 6.54. The van der Waals surface area contributed by atoms with Crippen LogP contribution in [-0.2, 0) is 4.74 Å². The van der Waals surface area contributed by atoms with Gasteiger partial charge in [-0.3, -0.25) is 10.1 Å². The Bertz CT molecular complexity index is 873. The number of hydrazine groups is 1.